The average Bonchev–Trinajstić information content (AvgIpc) is 2.90. The van der Waals surface area contributed by atoms with Crippen LogP contribution in [-0.4, -0.2) is 22.5 Å². The summed E-state index contributed by atoms with van der Waals surface area (Å²) in [6.45, 7) is 2.93. The molecule has 0 saturated carbocycles. The lowest BCUT2D eigenvalue weighted by Crippen LogP contribution is -2.31. The first kappa shape index (κ1) is 21.4. The molecule has 0 atom stereocenters. The minimum absolute atomic E-state index is 0.155. The number of hydrogen-bond donors (Lipinski definition) is 1. The summed E-state index contributed by atoms with van der Waals surface area (Å²) in [4.78, 5) is 14.0. The normalized spacial score (nSPS) is 15.3. The molecule has 0 radical (unpaired) electrons. The van der Waals surface area contributed by atoms with Crippen molar-refractivity contribution in [2.75, 3.05) is 6.54 Å². The van der Waals surface area contributed by atoms with E-state index in [0.29, 0.717) is 45.3 Å². The number of hydrogen-bond acceptors (Lipinski definition) is 3. The molecule has 1 heterocycles. The van der Waals surface area contributed by atoms with Gasteiger partial charge in [-0.25, -0.2) is 0 Å². The fourth-order valence-corrected chi connectivity index (χ4v) is 3.96. The highest BCUT2D eigenvalue weighted by molar-refractivity contribution is 14.1. The molecule has 1 saturated heterocycles. The highest BCUT2D eigenvalue weighted by Gasteiger charge is 2.29. The first-order valence-electron chi connectivity index (χ1n) is 8.60. The number of benzene rings is 2. The van der Waals surface area contributed by atoms with E-state index in [1.54, 1.807) is 23.1 Å². The van der Waals surface area contributed by atoms with Crippen LogP contribution in [0, 0.1) is 3.57 Å². The second-order valence-electron chi connectivity index (χ2n) is 6.17. The van der Waals surface area contributed by atoms with Crippen molar-refractivity contribution >= 4 is 75.1 Å². The zero-order valence-corrected chi connectivity index (χ0v) is 19.5. The second-order valence-corrected chi connectivity index (χ2v) is 8.62. The molecule has 0 unspecified atom stereocenters. The number of carbonyl (C=O) groups is 1. The van der Waals surface area contributed by atoms with Gasteiger partial charge in [-0.05, 0) is 82.7 Å². The third kappa shape index (κ3) is 4.97. The van der Waals surface area contributed by atoms with Gasteiger partial charge in [-0.2, -0.15) is 0 Å². The molecular formula is C20H17Cl2IN2O2S. The van der Waals surface area contributed by atoms with Crippen molar-refractivity contribution in [3.8, 4) is 5.75 Å². The van der Waals surface area contributed by atoms with Crippen molar-refractivity contribution in [3.05, 3.63) is 66.8 Å². The first-order valence-corrected chi connectivity index (χ1v) is 10.8. The molecule has 1 N–H and O–H groups in total. The summed E-state index contributed by atoms with van der Waals surface area (Å²) in [5, 5.41) is 4.11. The van der Waals surface area contributed by atoms with E-state index in [1.807, 2.05) is 31.2 Å². The first-order chi connectivity index (χ1) is 13.4. The van der Waals surface area contributed by atoms with Crippen LogP contribution in [0.1, 0.15) is 24.5 Å². The molecule has 0 aromatic heterocycles. The third-order valence-corrected chi connectivity index (χ3v) is 5.64. The summed E-state index contributed by atoms with van der Waals surface area (Å²) in [5.41, 5.74) is 2.11. The van der Waals surface area contributed by atoms with Gasteiger partial charge in [-0.15, -0.1) is 0 Å². The fourth-order valence-electron chi connectivity index (χ4n) is 2.70. The molecule has 3 rings (SSSR count). The maximum Gasteiger partial charge on any atom is 0.276 e. The van der Waals surface area contributed by atoms with E-state index in [-0.39, 0.29) is 5.91 Å². The van der Waals surface area contributed by atoms with Crippen LogP contribution in [0.2, 0.25) is 10.0 Å². The van der Waals surface area contributed by atoms with Crippen molar-refractivity contribution in [1.29, 1.82) is 0 Å². The number of thiocarbonyl (C=S) groups is 1. The summed E-state index contributed by atoms with van der Waals surface area (Å²) >= 11 is 20.2. The van der Waals surface area contributed by atoms with Gasteiger partial charge in [-0.3, -0.25) is 9.69 Å². The van der Waals surface area contributed by atoms with Crippen LogP contribution in [0.25, 0.3) is 6.08 Å². The molecule has 1 aliphatic heterocycles. The predicted molar refractivity (Wildman–Crippen MR) is 126 cm³/mol. The monoisotopic (exact) mass is 546 g/mol. The Morgan fingerprint density at radius 2 is 1.86 bits per heavy atom. The Morgan fingerprint density at radius 3 is 2.46 bits per heavy atom. The summed E-state index contributed by atoms with van der Waals surface area (Å²) in [6, 6.07) is 11.4. The fraction of sp³-hybridized carbons (Fsp3) is 0.200. The van der Waals surface area contributed by atoms with Crippen molar-refractivity contribution in [2.24, 2.45) is 0 Å². The smallest absolute Gasteiger partial charge is 0.276 e. The Labute approximate surface area is 193 Å². The van der Waals surface area contributed by atoms with Crippen molar-refractivity contribution in [1.82, 2.24) is 10.2 Å². The van der Waals surface area contributed by atoms with E-state index in [2.05, 4.69) is 27.9 Å². The van der Waals surface area contributed by atoms with Crippen LogP contribution in [0.5, 0.6) is 5.75 Å². The molecule has 1 fully saturated rings. The summed E-state index contributed by atoms with van der Waals surface area (Å²) in [7, 11) is 0. The molecule has 2 aromatic carbocycles. The SMILES string of the molecule is CCCN1C(=O)/C(=C/c2cc(Cl)c(OCc3ccc(I)cc3)c(Cl)c2)NC1=S. The van der Waals surface area contributed by atoms with E-state index < -0.39 is 0 Å². The molecule has 1 aliphatic rings. The Kier molecular flexibility index (Phi) is 7.20. The topological polar surface area (TPSA) is 41.6 Å². The number of ether oxygens (including phenoxy) is 1. The number of nitrogens with one attached hydrogen (secondary N) is 1. The van der Waals surface area contributed by atoms with Crippen LogP contribution in [0.3, 0.4) is 0 Å². The minimum atomic E-state index is -0.155. The van der Waals surface area contributed by atoms with E-state index in [4.69, 9.17) is 40.2 Å². The van der Waals surface area contributed by atoms with Gasteiger partial charge in [-0.1, -0.05) is 42.3 Å². The Balaban J connectivity index is 1.77. The van der Waals surface area contributed by atoms with E-state index in [0.717, 1.165) is 15.6 Å². The van der Waals surface area contributed by atoms with Gasteiger partial charge >= 0.3 is 0 Å². The number of nitrogens with zero attached hydrogens (tertiary/aromatic N) is 1. The largest absolute Gasteiger partial charge is 0.486 e. The van der Waals surface area contributed by atoms with Crippen molar-refractivity contribution in [3.63, 3.8) is 0 Å². The highest BCUT2D eigenvalue weighted by atomic mass is 127. The molecule has 1 amide bonds. The number of rotatable bonds is 6. The molecule has 0 bridgehead atoms. The zero-order chi connectivity index (χ0) is 20.3. The van der Waals surface area contributed by atoms with Gasteiger partial charge in [0.2, 0.25) is 0 Å². The van der Waals surface area contributed by atoms with Crippen LogP contribution < -0.4 is 10.1 Å². The van der Waals surface area contributed by atoms with Crippen LogP contribution in [0.4, 0.5) is 0 Å². The zero-order valence-electron chi connectivity index (χ0n) is 15.0. The molecule has 2 aromatic rings. The quantitative estimate of drug-likeness (QED) is 0.289. The highest BCUT2D eigenvalue weighted by Crippen LogP contribution is 2.35. The molecule has 146 valence electrons. The maximum absolute atomic E-state index is 12.4. The lowest BCUT2D eigenvalue weighted by atomic mass is 10.1. The molecule has 28 heavy (non-hydrogen) atoms. The van der Waals surface area contributed by atoms with Gasteiger partial charge < -0.3 is 10.1 Å². The van der Waals surface area contributed by atoms with E-state index in [9.17, 15) is 4.79 Å². The molecule has 0 aliphatic carbocycles. The second kappa shape index (κ2) is 9.43. The van der Waals surface area contributed by atoms with Gasteiger partial charge in [0.15, 0.2) is 10.9 Å². The van der Waals surface area contributed by atoms with Gasteiger partial charge in [0, 0.05) is 10.1 Å². The van der Waals surface area contributed by atoms with Crippen molar-refractivity contribution in [2.45, 2.75) is 20.0 Å². The van der Waals surface area contributed by atoms with Crippen LogP contribution in [-0.2, 0) is 11.4 Å². The van der Waals surface area contributed by atoms with Crippen LogP contribution >= 0.6 is 58.0 Å². The summed E-state index contributed by atoms with van der Waals surface area (Å²) < 4.78 is 6.96. The molecular weight excluding hydrogens is 530 g/mol. The lowest BCUT2D eigenvalue weighted by Gasteiger charge is -2.12. The van der Waals surface area contributed by atoms with Gasteiger partial charge in [0.05, 0.1) is 10.0 Å². The van der Waals surface area contributed by atoms with Gasteiger partial charge in [0.25, 0.3) is 5.91 Å². The molecule has 0 spiro atoms. The summed E-state index contributed by atoms with van der Waals surface area (Å²) in [6.07, 6.45) is 2.51. The Morgan fingerprint density at radius 1 is 1.21 bits per heavy atom. The minimum Gasteiger partial charge on any atom is -0.486 e. The molecule has 4 nitrogen and oxygen atoms in total. The third-order valence-electron chi connectivity index (χ3n) is 4.04. The van der Waals surface area contributed by atoms with Crippen molar-refractivity contribution < 1.29 is 9.53 Å². The standard InChI is InChI=1S/C20H17Cl2IN2O2S/c1-2-7-25-19(26)17(24-20(25)28)10-13-8-15(21)18(16(22)9-13)27-11-12-3-5-14(23)6-4-12/h3-6,8-10H,2,7,11H2,1H3,(H,24,28)/b17-10-. The van der Waals surface area contributed by atoms with Crippen LogP contribution in [0.15, 0.2) is 42.1 Å². The summed E-state index contributed by atoms with van der Waals surface area (Å²) in [5.74, 6) is 0.260. The number of carbonyl (C=O) groups excluding carboxylic acids is 1. The Bertz CT molecular complexity index is 925. The Hall–Kier alpha value is -1.35. The maximum atomic E-state index is 12.4. The number of amides is 1. The van der Waals surface area contributed by atoms with E-state index in [1.165, 1.54) is 0 Å². The molecule has 8 heteroatoms. The number of halogens is 3. The van der Waals surface area contributed by atoms with Gasteiger partial charge in [0.1, 0.15) is 12.3 Å². The van der Waals surface area contributed by atoms with E-state index >= 15 is 0 Å². The predicted octanol–water partition coefficient (Wildman–Crippen LogP) is 5.64. The lowest BCUT2D eigenvalue weighted by molar-refractivity contribution is -0.122. The average molecular weight is 547 g/mol.